The molecule has 41 heavy (non-hydrogen) atoms. The van der Waals surface area contributed by atoms with Gasteiger partial charge in [0.1, 0.15) is 5.82 Å². The van der Waals surface area contributed by atoms with E-state index < -0.39 is 86.2 Å². The first-order valence-electron chi connectivity index (χ1n) is 12.2. The number of fused-ring (bicyclic) bond motifs is 1. The molecule has 0 fully saturated rings. The summed E-state index contributed by atoms with van der Waals surface area (Å²) in [5.74, 6) is -8.43. The van der Waals surface area contributed by atoms with E-state index in [1.807, 2.05) is 0 Å². The van der Waals surface area contributed by atoms with Crippen LogP contribution in [0.25, 0.3) is 0 Å². The molecule has 0 aliphatic carbocycles. The summed E-state index contributed by atoms with van der Waals surface area (Å²) < 4.78 is 91.7. The van der Waals surface area contributed by atoms with Crippen molar-refractivity contribution in [2.45, 2.75) is 50.8 Å². The Bertz CT molecular complexity index is 1330. The summed E-state index contributed by atoms with van der Waals surface area (Å²) in [7, 11) is 0. The van der Waals surface area contributed by atoms with E-state index >= 15 is 0 Å². The summed E-state index contributed by atoms with van der Waals surface area (Å²) in [6, 6.07) is 9.41. The summed E-state index contributed by atoms with van der Waals surface area (Å²) in [4.78, 5) is 42.6. The zero-order chi connectivity index (χ0) is 30.5. The summed E-state index contributed by atoms with van der Waals surface area (Å²) in [6.45, 7) is -0.546. The third kappa shape index (κ3) is 8.49. The van der Waals surface area contributed by atoms with Crippen LogP contribution in [0.1, 0.15) is 42.4 Å². The summed E-state index contributed by atoms with van der Waals surface area (Å²) >= 11 is 0. The smallest absolute Gasteiger partial charge is 0.389 e. The molecule has 3 unspecified atom stereocenters. The molecule has 222 valence electrons. The zero-order valence-corrected chi connectivity index (χ0v) is 21.2. The molecule has 5 N–H and O–H groups in total. The van der Waals surface area contributed by atoms with E-state index in [1.165, 1.54) is 30.3 Å². The number of carbonyl (C=O) groups excluding carboxylic acids is 3. The number of para-hydroxylation sites is 1. The van der Waals surface area contributed by atoms with Crippen molar-refractivity contribution in [1.82, 2.24) is 5.32 Å². The van der Waals surface area contributed by atoms with Gasteiger partial charge in [0.2, 0.25) is 18.0 Å². The lowest BCUT2D eigenvalue weighted by atomic mass is 9.83. The van der Waals surface area contributed by atoms with Crippen molar-refractivity contribution in [2.24, 2.45) is 22.6 Å². The molecule has 0 aromatic heterocycles. The molecule has 0 saturated carbocycles. The fraction of sp³-hybridized carbons (Fsp3) is 0.385. The lowest BCUT2D eigenvalue weighted by Crippen LogP contribution is -2.48. The Morgan fingerprint density at radius 3 is 2.17 bits per heavy atom. The van der Waals surface area contributed by atoms with Crippen LogP contribution in [0.3, 0.4) is 0 Å². The highest BCUT2D eigenvalue weighted by atomic mass is 19.4. The first-order valence-corrected chi connectivity index (χ1v) is 12.2. The van der Waals surface area contributed by atoms with Crippen molar-refractivity contribution < 1.29 is 50.2 Å². The van der Waals surface area contributed by atoms with Gasteiger partial charge in [-0.3, -0.25) is 14.4 Å². The average molecular weight is 590 g/mol. The van der Waals surface area contributed by atoms with Crippen LogP contribution in [0.15, 0.2) is 47.5 Å². The van der Waals surface area contributed by atoms with Gasteiger partial charge in [0.15, 0.2) is 0 Å². The Morgan fingerprint density at radius 1 is 1.00 bits per heavy atom. The minimum Gasteiger partial charge on any atom is -0.392 e. The molecule has 3 atom stereocenters. The van der Waals surface area contributed by atoms with Crippen LogP contribution in [0.5, 0.6) is 0 Å². The highest BCUT2D eigenvalue weighted by molar-refractivity contribution is 6.20. The number of carbonyl (C=O) groups is 3. The van der Waals surface area contributed by atoms with Crippen molar-refractivity contribution >= 4 is 29.1 Å². The van der Waals surface area contributed by atoms with Gasteiger partial charge in [-0.2, -0.15) is 26.3 Å². The number of anilines is 1. The summed E-state index contributed by atoms with van der Waals surface area (Å²) in [5.41, 5.74) is 5.77. The van der Waals surface area contributed by atoms with Gasteiger partial charge in [-0.25, -0.2) is 9.38 Å². The molecule has 0 spiro atoms. The number of halogens is 7. The third-order valence-electron chi connectivity index (χ3n) is 6.37. The molecule has 1 aliphatic heterocycles. The maximum atomic E-state index is 14.1. The predicted molar refractivity (Wildman–Crippen MR) is 132 cm³/mol. The third-order valence-corrected chi connectivity index (χ3v) is 6.37. The second kappa shape index (κ2) is 12.7. The van der Waals surface area contributed by atoms with E-state index in [1.54, 1.807) is 0 Å². The maximum Gasteiger partial charge on any atom is 0.389 e. The molecule has 2 aromatic carbocycles. The van der Waals surface area contributed by atoms with E-state index in [0.29, 0.717) is 0 Å². The summed E-state index contributed by atoms with van der Waals surface area (Å²) in [6.07, 6.45) is -16.9. The topological polar surface area (TPSA) is 134 Å². The Labute approximate surface area is 228 Å². The molecular weight excluding hydrogens is 565 g/mol. The van der Waals surface area contributed by atoms with E-state index in [4.69, 9.17) is 5.73 Å². The Kier molecular flexibility index (Phi) is 9.73. The number of nitrogens with one attached hydrogen (secondary N) is 2. The van der Waals surface area contributed by atoms with E-state index in [-0.39, 0.29) is 28.1 Å². The number of alkyl halides is 6. The molecule has 8 nitrogen and oxygen atoms in total. The number of hydrogen-bond acceptors (Lipinski definition) is 5. The highest BCUT2D eigenvalue weighted by Crippen LogP contribution is 2.33. The number of amides is 3. The van der Waals surface area contributed by atoms with Gasteiger partial charge in [0, 0.05) is 41.4 Å². The highest BCUT2D eigenvalue weighted by Gasteiger charge is 2.40. The molecule has 0 radical (unpaired) electrons. The molecule has 15 heteroatoms. The van der Waals surface area contributed by atoms with Gasteiger partial charge in [-0.1, -0.05) is 30.3 Å². The van der Waals surface area contributed by atoms with Gasteiger partial charge in [-0.05, 0) is 25.0 Å². The van der Waals surface area contributed by atoms with Gasteiger partial charge in [0.25, 0.3) is 5.91 Å². The number of nitrogens with two attached hydrogens (primary N) is 1. The van der Waals surface area contributed by atoms with Crippen LogP contribution < -0.4 is 16.4 Å². The number of hydrogen-bond donors (Lipinski definition) is 4. The second-order valence-electron chi connectivity index (χ2n) is 9.31. The molecule has 1 heterocycles. The Morgan fingerprint density at radius 2 is 1.61 bits per heavy atom. The van der Waals surface area contributed by atoms with Gasteiger partial charge in [-0.15, -0.1) is 0 Å². The standard InChI is InChI=1S/C26H25F7N4O4/c27-15-5-1-3-13(11-15)19-18-6-2-4-14(12-38)20(18)36-24(41)22(35-19)37-23(40)17(8-10-26(31,32)33)16(21(34)39)7-9-25(28,29)30/h1-6,11,16-17,22,38H,7-10,12H2,(H2,34,39)(H,36,41)(H,37,40). The van der Waals surface area contributed by atoms with E-state index in [2.05, 4.69) is 15.6 Å². The van der Waals surface area contributed by atoms with Crippen molar-refractivity contribution in [3.63, 3.8) is 0 Å². The van der Waals surface area contributed by atoms with Crippen LogP contribution in [-0.4, -0.2) is 47.1 Å². The van der Waals surface area contributed by atoms with Crippen LogP contribution >= 0.6 is 0 Å². The molecule has 1 aliphatic rings. The van der Waals surface area contributed by atoms with Crippen LogP contribution in [0.2, 0.25) is 0 Å². The summed E-state index contributed by atoms with van der Waals surface area (Å²) in [5, 5.41) is 14.3. The fourth-order valence-electron chi connectivity index (χ4n) is 4.43. The number of primary amides is 1. The lowest BCUT2D eigenvalue weighted by molar-refractivity contribution is -0.152. The lowest BCUT2D eigenvalue weighted by Gasteiger charge is -2.26. The number of rotatable bonds is 10. The normalized spacial score (nSPS) is 17.0. The van der Waals surface area contributed by atoms with Crippen LogP contribution in [-0.2, 0) is 21.0 Å². The molecule has 2 aromatic rings. The molecule has 0 saturated heterocycles. The number of benzene rings is 2. The van der Waals surface area contributed by atoms with Crippen molar-refractivity contribution in [3.8, 4) is 0 Å². The number of benzodiazepines with no additional fused rings is 1. The Hall–Kier alpha value is -4.01. The van der Waals surface area contributed by atoms with E-state index in [9.17, 15) is 50.2 Å². The Balaban J connectivity index is 2.04. The minimum absolute atomic E-state index is 0.0474. The second-order valence-corrected chi connectivity index (χ2v) is 9.31. The van der Waals surface area contributed by atoms with Crippen LogP contribution in [0, 0.1) is 17.7 Å². The van der Waals surface area contributed by atoms with Gasteiger partial charge >= 0.3 is 12.4 Å². The molecule has 3 amide bonds. The number of aliphatic hydroxyl groups excluding tert-OH is 1. The zero-order valence-electron chi connectivity index (χ0n) is 21.2. The van der Waals surface area contributed by atoms with Gasteiger partial charge < -0.3 is 21.5 Å². The number of nitrogens with zero attached hydrogens (tertiary/aromatic N) is 1. The first kappa shape index (κ1) is 31.5. The quantitative estimate of drug-likeness (QED) is 0.312. The minimum atomic E-state index is -4.82. The largest absolute Gasteiger partial charge is 0.392 e. The van der Waals surface area contributed by atoms with Gasteiger partial charge in [0.05, 0.1) is 18.0 Å². The monoisotopic (exact) mass is 590 g/mol. The molecular formula is C26H25F7N4O4. The first-order chi connectivity index (χ1) is 19.1. The van der Waals surface area contributed by atoms with Crippen molar-refractivity contribution in [1.29, 1.82) is 0 Å². The van der Waals surface area contributed by atoms with E-state index in [0.717, 1.165) is 12.1 Å². The number of aliphatic imine (C=N–C) groups is 1. The SMILES string of the molecule is NC(=O)C(CCC(F)(F)F)C(CCC(F)(F)F)C(=O)NC1N=C(c2cccc(F)c2)c2cccc(CO)c2NC1=O. The maximum absolute atomic E-state index is 14.1. The fourth-order valence-corrected chi connectivity index (χ4v) is 4.43. The van der Waals surface area contributed by atoms with Crippen molar-refractivity contribution in [3.05, 3.63) is 65.0 Å². The average Bonchev–Trinajstić information content (AvgIpc) is 3.00. The molecule has 0 bridgehead atoms. The predicted octanol–water partition coefficient (Wildman–Crippen LogP) is 3.95. The van der Waals surface area contributed by atoms with Crippen molar-refractivity contribution in [2.75, 3.05) is 5.32 Å². The van der Waals surface area contributed by atoms with Crippen LogP contribution in [0.4, 0.5) is 36.4 Å². The molecule has 3 rings (SSSR count). The number of aliphatic hydroxyl groups is 1.